The Balaban J connectivity index is 1.60. The summed E-state index contributed by atoms with van der Waals surface area (Å²) in [7, 11) is 1.28. The van der Waals surface area contributed by atoms with Crippen LogP contribution in [-0.4, -0.2) is 52.2 Å². The highest BCUT2D eigenvalue weighted by molar-refractivity contribution is 6.03. The smallest absolute Gasteiger partial charge is 0.352 e. The predicted octanol–water partition coefficient (Wildman–Crippen LogP) is 0.972. The molecular formula is C20H15N3O7. The van der Waals surface area contributed by atoms with Gasteiger partial charge in [0.1, 0.15) is 23.3 Å². The highest BCUT2D eigenvalue weighted by atomic mass is 16.7. The van der Waals surface area contributed by atoms with Crippen molar-refractivity contribution in [3.63, 3.8) is 0 Å². The normalized spacial score (nSPS) is 13.8. The number of fused-ring (bicyclic) bond motifs is 2. The number of nitrogens with zero attached hydrogens (tertiary/aromatic N) is 3. The lowest BCUT2D eigenvalue weighted by Gasteiger charge is -2.19. The average Bonchev–Trinajstić information content (AvgIpc) is 3.03. The fourth-order valence-corrected chi connectivity index (χ4v) is 3.07. The number of carbonyl (C=O) groups is 4. The third kappa shape index (κ3) is 3.39. The molecule has 0 bridgehead atoms. The van der Waals surface area contributed by atoms with Gasteiger partial charge in [-0.2, -0.15) is 0 Å². The summed E-state index contributed by atoms with van der Waals surface area (Å²) in [6, 6.07) is 9.53. The Morgan fingerprint density at radius 2 is 1.80 bits per heavy atom. The van der Waals surface area contributed by atoms with Gasteiger partial charge in [-0.05, 0) is 24.3 Å². The molecule has 0 unspecified atom stereocenters. The average molecular weight is 409 g/mol. The van der Waals surface area contributed by atoms with E-state index in [0.29, 0.717) is 21.9 Å². The van der Waals surface area contributed by atoms with E-state index in [1.54, 1.807) is 24.3 Å². The second kappa shape index (κ2) is 7.39. The van der Waals surface area contributed by atoms with E-state index in [-0.39, 0.29) is 24.2 Å². The van der Waals surface area contributed by atoms with Crippen molar-refractivity contribution in [1.29, 1.82) is 0 Å². The summed E-state index contributed by atoms with van der Waals surface area (Å²) in [6.45, 7) is -0.591. The van der Waals surface area contributed by atoms with E-state index >= 15 is 0 Å². The first kappa shape index (κ1) is 19.2. The van der Waals surface area contributed by atoms with Gasteiger partial charge in [-0.1, -0.05) is 12.1 Å². The zero-order valence-electron chi connectivity index (χ0n) is 15.8. The quantitative estimate of drug-likeness (QED) is 0.461. The molecule has 0 N–H and O–H groups in total. The summed E-state index contributed by atoms with van der Waals surface area (Å²) in [5.41, 5.74) is 0.366. The van der Waals surface area contributed by atoms with E-state index in [4.69, 9.17) is 9.25 Å². The van der Waals surface area contributed by atoms with E-state index in [0.717, 1.165) is 4.90 Å². The van der Waals surface area contributed by atoms with E-state index in [1.807, 2.05) is 0 Å². The highest BCUT2D eigenvalue weighted by Gasteiger charge is 2.34. The molecule has 3 amide bonds. The molecule has 2 heterocycles. The first-order valence-corrected chi connectivity index (χ1v) is 9.00. The number of rotatable bonds is 4. The standard InChI is InChI=1S/C20H15N3O7/c1-22(10-17(27)30-23-15(25)8-9-16(23)26)20(28)18-13(24)7-6-12-19(18)29-14-5-3-2-4-11(14)21-12/h2-7H,8-10H2,1H3. The van der Waals surface area contributed by atoms with Crippen LogP contribution in [0, 0.1) is 0 Å². The Bertz CT molecular complexity index is 1220. The van der Waals surface area contributed by atoms with Crippen LogP contribution in [0.4, 0.5) is 0 Å². The first-order valence-electron chi connectivity index (χ1n) is 9.00. The van der Waals surface area contributed by atoms with Gasteiger partial charge in [-0.25, -0.2) is 9.78 Å². The minimum Gasteiger partial charge on any atom is -0.452 e. The predicted molar refractivity (Wildman–Crippen MR) is 101 cm³/mol. The van der Waals surface area contributed by atoms with Crippen molar-refractivity contribution in [2.24, 2.45) is 0 Å². The molecule has 4 rings (SSSR count). The molecule has 0 radical (unpaired) electrons. The van der Waals surface area contributed by atoms with Crippen LogP contribution in [0.2, 0.25) is 0 Å². The maximum absolute atomic E-state index is 12.9. The van der Waals surface area contributed by atoms with Crippen LogP contribution in [0.5, 0.6) is 0 Å². The van der Waals surface area contributed by atoms with Crippen LogP contribution in [-0.2, 0) is 19.2 Å². The Hall–Kier alpha value is -4.08. The number of amides is 3. The van der Waals surface area contributed by atoms with Crippen LogP contribution < -0.4 is 5.43 Å². The Morgan fingerprint density at radius 3 is 2.53 bits per heavy atom. The molecule has 1 saturated heterocycles. The van der Waals surface area contributed by atoms with Gasteiger partial charge in [0, 0.05) is 19.9 Å². The molecule has 10 nitrogen and oxygen atoms in total. The molecule has 0 aromatic heterocycles. The van der Waals surface area contributed by atoms with Crippen LogP contribution in [0.1, 0.15) is 23.2 Å². The highest BCUT2D eigenvalue weighted by Crippen LogP contribution is 2.27. The molecule has 3 aliphatic rings. The topological polar surface area (TPSA) is 127 Å². The zero-order valence-corrected chi connectivity index (χ0v) is 15.8. The summed E-state index contributed by atoms with van der Waals surface area (Å²) in [5.74, 6) is -3.05. The summed E-state index contributed by atoms with van der Waals surface area (Å²) in [6.07, 6.45) is -0.0855. The maximum Gasteiger partial charge on any atom is 0.352 e. The molecule has 0 atom stereocenters. The van der Waals surface area contributed by atoms with E-state index in [1.165, 1.54) is 19.2 Å². The molecule has 2 aliphatic heterocycles. The number of hydrogen-bond acceptors (Lipinski definition) is 8. The summed E-state index contributed by atoms with van der Waals surface area (Å²) in [5, 5.41) is 0.392. The third-order valence-corrected chi connectivity index (χ3v) is 4.54. The van der Waals surface area contributed by atoms with Crippen molar-refractivity contribution < 1.29 is 28.4 Å². The molecule has 0 saturated carbocycles. The van der Waals surface area contributed by atoms with Crippen molar-refractivity contribution in [3.8, 4) is 11.5 Å². The van der Waals surface area contributed by atoms with E-state index < -0.39 is 35.7 Å². The number of carbonyl (C=O) groups excluding carboxylic acids is 4. The number of likely N-dealkylation sites (N-methyl/N-ethyl adjacent to an activating group) is 1. The summed E-state index contributed by atoms with van der Waals surface area (Å²) >= 11 is 0. The van der Waals surface area contributed by atoms with Crippen LogP contribution >= 0.6 is 0 Å². The zero-order chi connectivity index (χ0) is 21.4. The van der Waals surface area contributed by atoms with Gasteiger partial charge >= 0.3 is 5.97 Å². The number of hydrogen-bond donors (Lipinski definition) is 0. The number of para-hydroxylation sites is 2. The van der Waals surface area contributed by atoms with Crippen LogP contribution in [0.25, 0.3) is 22.6 Å². The Labute approximate surface area is 168 Å². The molecule has 1 aromatic carbocycles. The van der Waals surface area contributed by atoms with Gasteiger partial charge in [-0.3, -0.25) is 19.2 Å². The lowest BCUT2D eigenvalue weighted by atomic mass is 10.1. The fraction of sp³-hybridized carbons (Fsp3) is 0.200. The van der Waals surface area contributed by atoms with Crippen molar-refractivity contribution >= 4 is 34.8 Å². The number of hydroxylamine groups is 2. The van der Waals surface area contributed by atoms with Crippen molar-refractivity contribution in [1.82, 2.24) is 14.9 Å². The molecule has 10 heteroatoms. The Kier molecular flexibility index (Phi) is 4.74. The van der Waals surface area contributed by atoms with Crippen LogP contribution in [0.3, 0.4) is 0 Å². The largest absolute Gasteiger partial charge is 0.452 e. The van der Waals surface area contributed by atoms with Gasteiger partial charge in [0.25, 0.3) is 17.7 Å². The Morgan fingerprint density at radius 1 is 1.10 bits per heavy atom. The lowest BCUT2D eigenvalue weighted by molar-refractivity contribution is -0.197. The molecule has 30 heavy (non-hydrogen) atoms. The molecule has 1 aromatic rings. The van der Waals surface area contributed by atoms with Gasteiger partial charge in [0.2, 0.25) is 0 Å². The summed E-state index contributed by atoms with van der Waals surface area (Å²) in [4.78, 5) is 70.6. The number of benzene rings is 2. The molecule has 1 aliphatic carbocycles. The van der Waals surface area contributed by atoms with E-state index in [9.17, 15) is 24.0 Å². The van der Waals surface area contributed by atoms with Gasteiger partial charge < -0.3 is 14.2 Å². The van der Waals surface area contributed by atoms with Gasteiger partial charge in [0.05, 0.1) is 0 Å². The lowest BCUT2D eigenvalue weighted by Crippen LogP contribution is -2.39. The van der Waals surface area contributed by atoms with E-state index in [2.05, 4.69) is 4.98 Å². The minimum absolute atomic E-state index is 0.00341. The first-order chi connectivity index (χ1) is 14.3. The van der Waals surface area contributed by atoms with Crippen molar-refractivity contribution in [2.75, 3.05) is 13.6 Å². The second-order valence-electron chi connectivity index (χ2n) is 6.67. The summed E-state index contributed by atoms with van der Waals surface area (Å²) < 4.78 is 5.75. The fourth-order valence-electron chi connectivity index (χ4n) is 3.07. The third-order valence-electron chi connectivity index (χ3n) is 4.54. The molecule has 152 valence electrons. The van der Waals surface area contributed by atoms with Gasteiger partial charge in [-0.15, -0.1) is 5.06 Å². The minimum atomic E-state index is -0.998. The number of imide groups is 1. The molecule has 0 spiro atoms. The van der Waals surface area contributed by atoms with Crippen LogP contribution in [0.15, 0.2) is 45.6 Å². The van der Waals surface area contributed by atoms with Crippen molar-refractivity contribution in [3.05, 3.63) is 52.2 Å². The maximum atomic E-state index is 12.9. The molecular weight excluding hydrogens is 394 g/mol. The molecule has 1 fully saturated rings. The SMILES string of the molecule is CN(CC(=O)ON1C(=O)CCC1=O)C(=O)c1c2oc3ccccc3nc-2ccc1=O. The second-order valence-corrected chi connectivity index (χ2v) is 6.67. The van der Waals surface area contributed by atoms with Gasteiger partial charge in [0.15, 0.2) is 16.8 Å². The number of aromatic nitrogens is 1. The van der Waals surface area contributed by atoms with Crippen molar-refractivity contribution in [2.45, 2.75) is 12.8 Å². The monoisotopic (exact) mass is 409 g/mol.